The van der Waals surface area contributed by atoms with Crippen molar-refractivity contribution in [3.8, 4) is 11.6 Å². The summed E-state index contributed by atoms with van der Waals surface area (Å²) in [6.45, 7) is -0.0663. The Bertz CT molecular complexity index is 1310. The van der Waals surface area contributed by atoms with Crippen LogP contribution >= 0.6 is 0 Å². The van der Waals surface area contributed by atoms with Gasteiger partial charge in [0.05, 0.1) is 30.1 Å². The smallest absolute Gasteiger partial charge is 0.389 e. The minimum atomic E-state index is -4.21. The molecule has 3 N–H and O–H groups in total. The predicted molar refractivity (Wildman–Crippen MR) is 125 cm³/mol. The molecule has 0 saturated heterocycles. The third kappa shape index (κ3) is 5.47. The van der Waals surface area contributed by atoms with Crippen molar-refractivity contribution >= 4 is 17.3 Å². The Labute approximate surface area is 210 Å². The monoisotopic (exact) mass is 517 g/mol. The fraction of sp³-hybridized carbons (Fsp3) is 0.440. The average molecular weight is 518 g/mol. The maximum atomic E-state index is 12.9. The molecule has 12 heteroatoms. The molecule has 0 atom stereocenters. The van der Waals surface area contributed by atoms with Crippen LogP contribution in [0.25, 0.3) is 5.52 Å². The number of aromatic nitrogens is 3. The summed E-state index contributed by atoms with van der Waals surface area (Å²) in [5.74, 6) is -0.190. The predicted octanol–water partition coefficient (Wildman–Crippen LogP) is 3.67. The molecule has 0 aromatic carbocycles. The third-order valence-electron chi connectivity index (χ3n) is 6.94. The highest BCUT2D eigenvalue weighted by Crippen LogP contribution is 2.56. The lowest BCUT2D eigenvalue weighted by atomic mass is 9.53. The first-order valence-corrected chi connectivity index (χ1v) is 12.0. The van der Waals surface area contributed by atoms with Crippen LogP contribution in [0.5, 0.6) is 11.6 Å². The molecule has 0 unspecified atom stereocenters. The maximum absolute atomic E-state index is 12.9. The average Bonchev–Trinajstić information content (AvgIpc) is 3.22. The van der Waals surface area contributed by atoms with Crippen LogP contribution in [0.2, 0.25) is 0 Å². The van der Waals surface area contributed by atoms with Crippen LogP contribution in [0.4, 0.5) is 13.2 Å². The van der Waals surface area contributed by atoms with Crippen LogP contribution in [-0.4, -0.2) is 51.3 Å². The van der Waals surface area contributed by atoms with E-state index in [1.54, 1.807) is 30.5 Å². The van der Waals surface area contributed by atoms with Crippen molar-refractivity contribution in [2.45, 2.75) is 56.8 Å². The van der Waals surface area contributed by atoms with Crippen molar-refractivity contribution in [3.63, 3.8) is 0 Å². The number of nitrogens with two attached hydrogens (primary N) is 1. The van der Waals surface area contributed by atoms with E-state index in [2.05, 4.69) is 15.4 Å². The standard InChI is InChI=1S/C25H26F3N5O4/c26-25(27,28)6-2-8-36-16-4-5-20-19(13-31-33(20)14-16)22(35)32-15-9-24(10-15)11-17(12-24)37-23-18(21(29)34)3-1-7-30-23/h1,3-5,7,13-15,17H,2,6,8-12H2,(H2,29,34)(H,32,35). The molecular weight excluding hydrogens is 491 g/mol. The molecule has 2 aliphatic carbocycles. The van der Waals surface area contributed by atoms with Gasteiger partial charge in [-0.05, 0) is 61.8 Å². The van der Waals surface area contributed by atoms with Gasteiger partial charge in [0.2, 0.25) is 5.88 Å². The number of ether oxygens (including phenoxy) is 2. The number of carbonyl (C=O) groups excluding carboxylic acids is 2. The molecule has 37 heavy (non-hydrogen) atoms. The van der Waals surface area contributed by atoms with E-state index < -0.39 is 18.5 Å². The van der Waals surface area contributed by atoms with E-state index in [1.165, 1.54) is 16.9 Å². The number of hydrogen-bond donors (Lipinski definition) is 2. The summed E-state index contributed by atoms with van der Waals surface area (Å²) in [4.78, 5) is 28.5. The number of hydrogen-bond acceptors (Lipinski definition) is 6. The molecule has 3 aromatic rings. The quantitative estimate of drug-likeness (QED) is 0.418. The maximum Gasteiger partial charge on any atom is 0.389 e. The lowest BCUT2D eigenvalue weighted by molar-refractivity contribution is -0.136. The van der Waals surface area contributed by atoms with Crippen molar-refractivity contribution in [2.75, 3.05) is 6.61 Å². The molecule has 3 aromatic heterocycles. The SMILES string of the molecule is NC(=O)c1cccnc1OC1CC2(CC(NC(=O)c3cnn4cc(OCCCC(F)(F)F)ccc34)C2)C1. The highest BCUT2D eigenvalue weighted by Gasteiger charge is 2.54. The van der Waals surface area contributed by atoms with Gasteiger partial charge in [-0.3, -0.25) is 9.59 Å². The summed E-state index contributed by atoms with van der Waals surface area (Å²) >= 11 is 0. The molecule has 9 nitrogen and oxygen atoms in total. The first kappa shape index (κ1) is 24.8. The highest BCUT2D eigenvalue weighted by molar-refractivity contribution is 6.00. The molecule has 0 bridgehead atoms. The lowest BCUT2D eigenvalue weighted by Gasteiger charge is -2.57. The van der Waals surface area contributed by atoms with Gasteiger partial charge in [0.1, 0.15) is 17.4 Å². The zero-order chi connectivity index (χ0) is 26.2. The van der Waals surface area contributed by atoms with E-state index in [-0.39, 0.29) is 47.9 Å². The van der Waals surface area contributed by atoms with Gasteiger partial charge in [-0.2, -0.15) is 18.3 Å². The summed E-state index contributed by atoms with van der Waals surface area (Å²) in [7, 11) is 0. The summed E-state index contributed by atoms with van der Waals surface area (Å²) in [5, 5.41) is 7.23. The van der Waals surface area contributed by atoms with Crippen LogP contribution in [-0.2, 0) is 0 Å². The Morgan fingerprint density at radius 1 is 1.16 bits per heavy atom. The van der Waals surface area contributed by atoms with Gasteiger partial charge >= 0.3 is 6.18 Å². The van der Waals surface area contributed by atoms with Crippen molar-refractivity contribution in [2.24, 2.45) is 11.1 Å². The molecule has 2 amide bonds. The van der Waals surface area contributed by atoms with Gasteiger partial charge < -0.3 is 20.5 Å². The Kier molecular flexibility index (Phi) is 6.42. The van der Waals surface area contributed by atoms with Crippen LogP contribution in [0.3, 0.4) is 0 Å². The number of nitrogens with zero attached hydrogens (tertiary/aromatic N) is 3. The number of amides is 2. The summed E-state index contributed by atoms with van der Waals surface area (Å²) in [6.07, 6.45) is 2.55. The first-order chi connectivity index (χ1) is 17.6. The van der Waals surface area contributed by atoms with Gasteiger partial charge in [-0.1, -0.05) is 0 Å². The zero-order valence-electron chi connectivity index (χ0n) is 19.8. The van der Waals surface area contributed by atoms with E-state index in [0.717, 1.165) is 25.7 Å². The fourth-order valence-corrected chi connectivity index (χ4v) is 5.19. The molecule has 196 valence electrons. The lowest BCUT2D eigenvalue weighted by Crippen LogP contribution is -2.58. The van der Waals surface area contributed by atoms with Crippen molar-refractivity contribution in [3.05, 3.63) is 54.0 Å². The highest BCUT2D eigenvalue weighted by atomic mass is 19.4. The molecule has 3 heterocycles. The summed E-state index contributed by atoms with van der Waals surface area (Å²) in [5.41, 5.74) is 6.74. The zero-order valence-corrected chi connectivity index (χ0v) is 19.8. The molecule has 0 radical (unpaired) electrons. The Balaban J connectivity index is 1.09. The molecule has 2 saturated carbocycles. The van der Waals surface area contributed by atoms with Crippen molar-refractivity contribution < 1.29 is 32.2 Å². The Morgan fingerprint density at radius 3 is 2.68 bits per heavy atom. The largest absolute Gasteiger partial charge is 0.492 e. The molecule has 2 aliphatic rings. The molecule has 2 fully saturated rings. The minimum absolute atomic E-state index is 0.0377. The second kappa shape index (κ2) is 9.56. The summed E-state index contributed by atoms with van der Waals surface area (Å²) in [6, 6.07) is 6.53. The van der Waals surface area contributed by atoms with Crippen molar-refractivity contribution in [1.29, 1.82) is 0 Å². The van der Waals surface area contributed by atoms with Gasteiger partial charge in [0.15, 0.2) is 0 Å². The van der Waals surface area contributed by atoms with E-state index in [4.69, 9.17) is 15.2 Å². The number of pyridine rings is 2. The first-order valence-electron chi connectivity index (χ1n) is 12.0. The number of primary amides is 1. The van der Waals surface area contributed by atoms with Gasteiger partial charge in [0.25, 0.3) is 11.8 Å². The number of halogens is 3. The molecule has 0 aliphatic heterocycles. The number of rotatable bonds is 9. The second-order valence-corrected chi connectivity index (χ2v) is 9.77. The van der Waals surface area contributed by atoms with Gasteiger partial charge in [-0.15, -0.1) is 0 Å². The number of fused-ring (bicyclic) bond motifs is 1. The topological polar surface area (TPSA) is 121 Å². The van der Waals surface area contributed by atoms with Gasteiger partial charge in [-0.25, -0.2) is 9.50 Å². The van der Waals surface area contributed by atoms with Crippen LogP contribution in [0.15, 0.2) is 42.9 Å². The van der Waals surface area contributed by atoms with Crippen molar-refractivity contribution in [1.82, 2.24) is 19.9 Å². The number of nitrogens with one attached hydrogen (secondary N) is 1. The normalized spacial score (nSPS) is 22.8. The molecule has 1 spiro atoms. The van der Waals surface area contributed by atoms with Crippen LogP contribution in [0, 0.1) is 5.41 Å². The number of alkyl halides is 3. The molecule has 5 rings (SSSR count). The Morgan fingerprint density at radius 2 is 1.95 bits per heavy atom. The number of carbonyl (C=O) groups is 2. The van der Waals surface area contributed by atoms with E-state index in [0.29, 0.717) is 16.8 Å². The van der Waals surface area contributed by atoms with Crippen LogP contribution < -0.4 is 20.5 Å². The van der Waals surface area contributed by atoms with E-state index >= 15 is 0 Å². The third-order valence-corrected chi connectivity index (χ3v) is 6.94. The molecular formula is C25H26F3N5O4. The van der Waals surface area contributed by atoms with E-state index in [1.807, 2.05) is 0 Å². The van der Waals surface area contributed by atoms with Crippen LogP contribution in [0.1, 0.15) is 59.2 Å². The minimum Gasteiger partial charge on any atom is -0.492 e. The van der Waals surface area contributed by atoms with Gasteiger partial charge in [0, 0.05) is 18.7 Å². The summed E-state index contributed by atoms with van der Waals surface area (Å²) < 4.78 is 49.5. The second-order valence-electron chi connectivity index (χ2n) is 9.77. The Hall–Kier alpha value is -3.83. The van der Waals surface area contributed by atoms with E-state index in [9.17, 15) is 22.8 Å². The fourth-order valence-electron chi connectivity index (χ4n) is 5.19.